The van der Waals surface area contributed by atoms with Crippen LogP contribution in [-0.4, -0.2) is 58.0 Å². The van der Waals surface area contributed by atoms with Crippen LogP contribution < -0.4 is 10.6 Å². The van der Waals surface area contributed by atoms with Crippen molar-refractivity contribution >= 4 is 23.1 Å². The molecule has 9 heteroatoms. The molecule has 0 bridgehead atoms. The molecule has 0 aromatic carbocycles. The van der Waals surface area contributed by atoms with Crippen molar-refractivity contribution in [2.45, 2.75) is 19.9 Å². The quantitative estimate of drug-likeness (QED) is 0.681. The molecule has 1 aliphatic heterocycles. The summed E-state index contributed by atoms with van der Waals surface area (Å²) in [6.45, 7) is 6.90. The number of aryl methyl sites for hydroxylation is 1. The summed E-state index contributed by atoms with van der Waals surface area (Å²) in [5, 5.41) is 8.93. The van der Waals surface area contributed by atoms with Crippen molar-refractivity contribution in [1.82, 2.24) is 25.2 Å². The van der Waals surface area contributed by atoms with E-state index >= 15 is 0 Å². The highest BCUT2D eigenvalue weighted by molar-refractivity contribution is 7.13. The van der Waals surface area contributed by atoms with Crippen molar-refractivity contribution < 1.29 is 9.21 Å². The average molecular weight is 398 g/mol. The average Bonchev–Trinajstić information content (AvgIpc) is 3.33. The standard InChI is InChI=1S/C19H22N6O2S/c1-12-10-25(7-5-20-12)11-17(26)23-16-9-14(19-21-6-8-28-19)22-18(24-16)15-4-3-13(2)27-15/h3-4,6,8-9,12,20H,5,7,10-11H2,1-2H3,(H,22,23,24,26). The zero-order valence-corrected chi connectivity index (χ0v) is 16.6. The van der Waals surface area contributed by atoms with Crippen LogP contribution in [0.5, 0.6) is 0 Å². The highest BCUT2D eigenvalue weighted by Crippen LogP contribution is 2.26. The van der Waals surface area contributed by atoms with Crippen LogP contribution in [0.3, 0.4) is 0 Å². The van der Waals surface area contributed by atoms with E-state index in [2.05, 4.69) is 37.4 Å². The summed E-state index contributed by atoms with van der Waals surface area (Å²) >= 11 is 1.48. The van der Waals surface area contributed by atoms with Gasteiger partial charge in [-0.3, -0.25) is 9.69 Å². The fourth-order valence-corrected chi connectivity index (χ4v) is 3.77. The van der Waals surface area contributed by atoms with Crippen molar-refractivity contribution in [3.05, 3.63) is 35.5 Å². The van der Waals surface area contributed by atoms with Crippen LogP contribution in [-0.2, 0) is 4.79 Å². The van der Waals surface area contributed by atoms with Gasteiger partial charge in [-0.05, 0) is 26.0 Å². The maximum atomic E-state index is 12.6. The number of hydrogen-bond acceptors (Lipinski definition) is 8. The van der Waals surface area contributed by atoms with E-state index < -0.39 is 0 Å². The molecule has 3 aromatic heterocycles. The lowest BCUT2D eigenvalue weighted by Crippen LogP contribution is -2.51. The van der Waals surface area contributed by atoms with E-state index in [1.807, 2.05) is 24.4 Å². The molecule has 1 saturated heterocycles. The number of aromatic nitrogens is 3. The predicted octanol–water partition coefficient (Wildman–Crippen LogP) is 2.40. The lowest BCUT2D eigenvalue weighted by Gasteiger charge is -2.31. The van der Waals surface area contributed by atoms with E-state index in [-0.39, 0.29) is 5.91 Å². The Labute approximate surface area is 167 Å². The molecule has 0 spiro atoms. The van der Waals surface area contributed by atoms with Crippen LogP contribution in [0.15, 0.2) is 34.2 Å². The fraction of sp³-hybridized carbons (Fsp3) is 0.368. The van der Waals surface area contributed by atoms with Gasteiger partial charge in [0.2, 0.25) is 5.91 Å². The van der Waals surface area contributed by atoms with Gasteiger partial charge < -0.3 is 15.1 Å². The number of hydrogen-bond donors (Lipinski definition) is 2. The van der Waals surface area contributed by atoms with Gasteiger partial charge >= 0.3 is 0 Å². The first-order valence-electron chi connectivity index (χ1n) is 9.18. The predicted molar refractivity (Wildman–Crippen MR) is 108 cm³/mol. The summed E-state index contributed by atoms with van der Waals surface area (Å²) in [6.07, 6.45) is 1.72. The SMILES string of the molecule is Cc1ccc(-c2nc(NC(=O)CN3CCNC(C)C3)cc(-c3nccs3)n2)o1. The van der Waals surface area contributed by atoms with E-state index in [9.17, 15) is 4.79 Å². The van der Waals surface area contributed by atoms with Gasteiger partial charge in [-0.1, -0.05) is 0 Å². The Balaban J connectivity index is 1.57. The van der Waals surface area contributed by atoms with Crippen molar-refractivity contribution in [2.24, 2.45) is 0 Å². The van der Waals surface area contributed by atoms with Crippen molar-refractivity contribution in [1.29, 1.82) is 0 Å². The smallest absolute Gasteiger partial charge is 0.239 e. The minimum Gasteiger partial charge on any atom is -0.458 e. The number of furan rings is 1. The molecule has 1 atom stereocenters. The summed E-state index contributed by atoms with van der Waals surface area (Å²) in [5.41, 5.74) is 0.653. The van der Waals surface area contributed by atoms with Crippen LogP contribution in [0.25, 0.3) is 22.3 Å². The molecule has 1 fully saturated rings. The minimum atomic E-state index is -0.0977. The van der Waals surface area contributed by atoms with Crippen molar-refractivity contribution in [3.63, 3.8) is 0 Å². The van der Waals surface area contributed by atoms with Gasteiger partial charge in [0, 0.05) is 43.3 Å². The molecule has 4 rings (SSSR count). The van der Waals surface area contributed by atoms with Gasteiger partial charge in [0.15, 0.2) is 11.6 Å². The Bertz CT molecular complexity index is 955. The molecular formula is C19H22N6O2S. The lowest BCUT2D eigenvalue weighted by atomic mass is 10.2. The Kier molecular flexibility index (Phi) is 5.47. The number of nitrogens with one attached hydrogen (secondary N) is 2. The number of carbonyl (C=O) groups is 1. The maximum absolute atomic E-state index is 12.6. The van der Waals surface area contributed by atoms with Crippen molar-refractivity contribution in [3.8, 4) is 22.3 Å². The van der Waals surface area contributed by atoms with Crippen LogP contribution in [0.4, 0.5) is 5.82 Å². The zero-order valence-electron chi connectivity index (χ0n) is 15.8. The number of carbonyl (C=O) groups excluding carboxylic acids is 1. The first-order chi connectivity index (χ1) is 13.6. The lowest BCUT2D eigenvalue weighted by molar-refractivity contribution is -0.117. The fourth-order valence-electron chi connectivity index (χ4n) is 3.18. The number of rotatable bonds is 5. The normalized spacial score (nSPS) is 17.6. The molecule has 28 heavy (non-hydrogen) atoms. The molecule has 146 valence electrons. The third-order valence-corrected chi connectivity index (χ3v) is 5.22. The minimum absolute atomic E-state index is 0.0977. The number of nitrogens with zero attached hydrogens (tertiary/aromatic N) is 4. The Morgan fingerprint density at radius 2 is 2.32 bits per heavy atom. The van der Waals surface area contributed by atoms with E-state index in [0.29, 0.717) is 35.7 Å². The van der Waals surface area contributed by atoms with Gasteiger partial charge in [-0.15, -0.1) is 11.3 Å². The third-order valence-electron chi connectivity index (χ3n) is 4.43. The summed E-state index contributed by atoms with van der Waals surface area (Å²) in [4.78, 5) is 28.1. The number of piperazine rings is 1. The summed E-state index contributed by atoms with van der Waals surface area (Å²) < 4.78 is 5.67. The molecule has 0 saturated carbocycles. The van der Waals surface area contributed by atoms with Gasteiger partial charge in [0.1, 0.15) is 22.3 Å². The summed E-state index contributed by atoms with van der Waals surface area (Å²) in [6, 6.07) is 5.81. The maximum Gasteiger partial charge on any atom is 0.239 e. The van der Waals surface area contributed by atoms with Gasteiger partial charge in [-0.25, -0.2) is 15.0 Å². The van der Waals surface area contributed by atoms with Crippen LogP contribution >= 0.6 is 11.3 Å². The number of anilines is 1. The second kappa shape index (κ2) is 8.17. The summed E-state index contributed by atoms with van der Waals surface area (Å²) in [5.74, 6) is 2.10. The molecule has 2 N–H and O–H groups in total. The zero-order chi connectivity index (χ0) is 19.5. The molecule has 8 nitrogen and oxygen atoms in total. The van der Waals surface area contributed by atoms with E-state index in [1.165, 1.54) is 11.3 Å². The topological polar surface area (TPSA) is 96.2 Å². The first kappa shape index (κ1) is 18.7. The largest absolute Gasteiger partial charge is 0.458 e. The van der Waals surface area contributed by atoms with Crippen LogP contribution in [0, 0.1) is 6.92 Å². The van der Waals surface area contributed by atoms with E-state index in [1.54, 1.807) is 12.3 Å². The molecular weight excluding hydrogens is 376 g/mol. The molecule has 1 amide bonds. The Morgan fingerprint density at radius 3 is 3.04 bits per heavy atom. The van der Waals surface area contributed by atoms with E-state index in [4.69, 9.17) is 4.42 Å². The molecule has 3 aromatic rings. The molecule has 1 unspecified atom stereocenters. The second-order valence-electron chi connectivity index (χ2n) is 6.85. The molecule has 1 aliphatic rings. The molecule has 0 radical (unpaired) electrons. The van der Waals surface area contributed by atoms with Crippen LogP contribution in [0.1, 0.15) is 12.7 Å². The molecule has 0 aliphatic carbocycles. The monoisotopic (exact) mass is 398 g/mol. The number of amides is 1. The second-order valence-corrected chi connectivity index (χ2v) is 7.74. The molecule has 4 heterocycles. The third kappa shape index (κ3) is 4.44. The van der Waals surface area contributed by atoms with Crippen molar-refractivity contribution in [2.75, 3.05) is 31.5 Å². The highest BCUT2D eigenvalue weighted by Gasteiger charge is 2.19. The van der Waals surface area contributed by atoms with Crippen LogP contribution in [0.2, 0.25) is 0 Å². The van der Waals surface area contributed by atoms with Gasteiger partial charge in [0.05, 0.1) is 6.54 Å². The van der Waals surface area contributed by atoms with Gasteiger partial charge in [0.25, 0.3) is 0 Å². The summed E-state index contributed by atoms with van der Waals surface area (Å²) in [7, 11) is 0. The first-order valence-corrected chi connectivity index (χ1v) is 10.1. The highest BCUT2D eigenvalue weighted by atomic mass is 32.1. The number of thiazole rings is 1. The Hall–Kier alpha value is -2.62. The Morgan fingerprint density at radius 1 is 1.43 bits per heavy atom. The van der Waals surface area contributed by atoms with E-state index in [0.717, 1.165) is 30.4 Å². The van der Waals surface area contributed by atoms with Gasteiger partial charge in [-0.2, -0.15) is 0 Å².